The molecule has 0 amide bonds. The van der Waals surface area contributed by atoms with Gasteiger partial charge in [0.25, 0.3) is 0 Å². The fourth-order valence-electron chi connectivity index (χ4n) is 2.32. The number of hydrogen-bond acceptors (Lipinski definition) is 5. The van der Waals surface area contributed by atoms with Crippen LogP contribution in [0.15, 0.2) is 11.6 Å². The van der Waals surface area contributed by atoms with Gasteiger partial charge in [-0.05, 0) is 20.4 Å². The predicted octanol–water partition coefficient (Wildman–Crippen LogP) is 2.57. The quantitative estimate of drug-likeness (QED) is 0.852. The summed E-state index contributed by atoms with van der Waals surface area (Å²) in [6.07, 6.45) is 2.64. The van der Waals surface area contributed by atoms with Gasteiger partial charge in [0.15, 0.2) is 5.75 Å². The second-order valence-corrected chi connectivity index (χ2v) is 5.55. The number of nitrogens with one attached hydrogen (secondary N) is 1. The van der Waals surface area contributed by atoms with Crippen LogP contribution in [-0.4, -0.2) is 28.4 Å². The Hall–Kier alpha value is -1.40. The zero-order valence-electron chi connectivity index (χ0n) is 12.5. The lowest BCUT2D eigenvalue weighted by molar-refractivity contribution is 0.391. The van der Waals surface area contributed by atoms with Gasteiger partial charge in [-0.15, -0.1) is 11.3 Å². The minimum atomic E-state index is 0.169. The third kappa shape index (κ3) is 3.19. The van der Waals surface area contributed by atoms with E-state index in [4.69, 9.17) is 4.74 Å². The van der Waals surface area contributed by atoms with Gasteiger partial charge in [-0.25, -0.2) is 4.98 Å². The number of methoxy groups -OCH3 is 1. The number of likely N-dealkylation sites (N-methyl/N-ethyl adjacent to an activating group) is 1. The highest BCUT2D eigenvalue weighted by atomic mass is 32.1. The van der Waals surface area contributed by atoms with E-state index in [1.54, 1.807) is 24.6 Å². The fourth-order valence-corrected chi connectivity index (χ4v) is 3.14. The van der Waals surface area contributed by atoms with Gasteiger partial charge >= 0.3 is 0 Å². The Morgan fingerprint density at radius 3 is 2.80 bits per heavy atom. The number of aromatic nitrogens is 3. The van der Waals surface area contributed by atoms with Crippen molar-refractivity contribution in [1.82, 2.24) is 20.1 Å². The molecule has 5 nitrogen and oxygen atoms in total. The summed E-state index contributed by atoms with van der Waals surface area (Å²) in [6.45, 7) is 7.95. The summed E-state index contributed by atoms with van der Waals surface area (Å²) >= 11 is 1.71. The molecular formula is C14H22N4OS. The molecule has 0 aromatic carbocycles. The standard InChI is InChI=1S/C14H22N4OS/c1-5-15-11(7-13-17-10(3)9-20-13)14-12(19-4)8-16-18(14)6-2/h8-9,11,15H,5-7H2,1-4H3. The molecule has 0 saturated carbocycles. The summed E-state index contributed by atoms with van der Waals surface area (Å²) in [7, 11) is 1.69. The van der Waals surface area contributed by atoms with E-state index in [9.17, 15) is 0 Å². The van der Waals surface area contributed by atoms with Crippen LogP contribution in [0.4, 0.5) is 0 Å². The molecule has 0 bridgehead atoms. The second-order valence-electron chi connectivity index (χ2n) is 4.61. The van der Waals surface area contributed by atoms with Crippen LogP contribution in [0.1, 0.15) is 36.3 Å². The molecule has 0 spiro atoms. The van der Waals surface area contributed by atoms with Crippen molar-refractivity contribution in [2.24, 2.45) is 0 Å². The first-order valence-electron chi connectivity index (χ1n) is 6.93. The molecule has 2 heterocycles. The molecule has 2 aromatic rings. The van der Waals surface area contributed by atoms with Gasteiger partial charge in [0, 0.05) is 24.0 Å². The smallest absolute Gasteiger partial charge is 0.161 e. The Morgan fingerprint density at radius 1 is 1.45 bits per heavy atom. The third-order valence-corrected chi connectivity index (χ3v) is 4.18. The maximum absolute atomic E-state index is 5.46. The monoisotopic (exact) mass is 294 g/mol. The first-order chi connectivity index (χ1) is 9.69. The molecule has 0 aliphatic heterocycles. The van der Waals surface area contributed by atoms with Crippen LogP contribution in [0.2, 0.25) is 0 Å². The Bertz CT molecular complexity index is 528. The highest BCUT2D eigenvalue weighted by Gasteiger charge is 2.22. The Balaban J connectivity index is 2.29. The van der Waals surface area contributed by atoms with E-state index in [1.807, 2.05) is 11.6 Å². The molecule has 2 aromatic heterocycles. The van der Waals surface area contributed by atoms with Crippen molar-refractivity contribution in [3.05, 3.63) is 28.0 Å². The van der Waals surface area contributed by atoms with E-state index in [0.717, 1.165) is 41.7 Å². The van der Waals surface area contributed by atoms with Crippen LogP contribution in [0.25, 0.3) is 0 Å². The van der Waals surface area contributed by atoms with E-state index in [1.165, 1.54) is 0 Å². The summed E-state index contributed by atoms with van der Waals surface area (Å²) in [5, 5.41) is 11.1. The average molecular weight is 294 g/mol. The van der Waals surface area contributed by atoms with Gasteiger partial charge in [-0.1, -0.05) is 6.92 Å². The molecule has 2 rings (SSSR count). The maximum Gasteiger partial charge on any atom is 0.161 e. The molecule has 0 fully saturated rings. The zero-order valence-corrected chi connectivity index (χ0v) is 13.3. The van der Waals surface area contributed by atoms with E-state index in [-0.39, 0.29) is 6.04 Å². The van der Waals surface area contributed by atoms with Crippen molar-refractivity contribution in [3.8, 4) is 5.75 Å². The molecule has 6 heteroatoms. The number of ether oxygens (including phenoxy) is 1. The van der Waals surface area contributed by atoms with Crippen molar-refractivity contribution < 1.29 is 4.74 Å². The first-order valence-corrected chi connectivity index (χ1v) is 7.81. The van der Waals surface area contributed by atoms with Crippen LogP contribution in [0.3, 0.4) is 0 Å². The van der Waals surface area contributed by atoms with Crippen LogP contribution >= 0.6 is 11.3 Å². The van der Waals surface area contributed by atoms with E-state index < -0.39 is 0 Å². The molecule has 1 unspecified atom stereocenters. The van der Waals surface area contributed by atoms with Crippen molar-refractivity contribution in [2.75, 3.05) is 13.7 Å². The molecule has 20 heavy (non-hydrogen) atoms. The molecule has 0 aliphatic rings. The van der Waals surface area contributed by atoms with Crippen LogP contribution < -0.4 is 10.1 Å². The van der Waals surface area contributed by atoms with Crippen molar-refractivity contribution in [2.45, 2.75) is 39.8 Å². The predicted molar refractivity (Wildman–Crippen MR) is 81.4 cm³/mol. The normalized spacial score (nSPS) is 12.6. The summed E-state index contributed by atoms with van der Waals surface area (Å²) in [5.74, 6) is 0.839. The Labute approximate surface area is 124 Å². The van der Waals surface area contributed by atoms with Crippen LogP contribution in [0.5, 0.6) is 5.75 Å². The lowest BCUT2D eigenvalue weighted by Gasteiger charge is -2.19. The SMILES string of the molecule is CCNC(Cc1nc(C)cs1)c1c(OC)cnn1CC. The summed E-state index contributed by atoms with van der Waals surface area (Å²) in [6, 6.07) is 0.169. The lowest BCUT2D eigenvalue weighted by Crippen LogP contribution is -2.26. The first kappa shape index (κ1) is 15.0. The average Bonchev–Trinajstić information content (AvgIpc) is 3.03. The maximum atomic E-state index is 5.46. The van der Waals surface area contributed by atoms with Gasteiger partial charge in [0.05, 0.1) is 30.1 Å². The minimum Gasteiger partial charge on any atom is -0.493 e. The van der Waals surface area contributed by atoms with Gasteiger partial charge in [0.2, 0.25) is 0 Å². The fraction of sp³-hybridized carbons (Fsp3) is 0.571. The number of rotatable bonds is 7. The van der Waals surface area contributed by atoms with E-state index >= 15 is 0 Å². The molecule has 0 aliphatic carbocycles. The number of aryl methyl sites for hydroxylation is 2. The molecule has 0 saturated heterocycles. The highest BCUT2D eigenvalue weighted by molar-refractivity contribution is 7.09. The van der Waals surface area contributed by atoms with Gasteiger partial charge in [-0.3, -0.25) is 4.68 Å². The number of nitrogens with zero attached hydrogens (tertiary/aromatic N) is 3. The van der Waals surface area contributed by atoms with E-state index in [2.05, 4.69) is 34.6 Å². The Kier molecular flexibility index (Phi) is 5.14. The molecule has 0 radical (unpaired) electrons. The molecule has 1 N–H and O–H groups in total. The summed E-state index contributed by atoms with van der Waals surface area (Å²) in [5.41, 5.74) is 2.18. The Morgan fingerprint density at radius 2 is 2.25 bits per heavy atom. The van der Waals surface area contributed by atoms with Crippen LogP contribution in [0, 0.1) is 6.92 Å². The molecular weight excluding hydrogens is 272 g/mol. The number of hydrogen-bond donors (Lipinski definition) is 1. The number of thiazole rings is 1. The van der Waals surface area contributed by atoms with Gasteiger partial charge in [-0.2, -0.15) is 5.10 Å². The topological polar surface area (TPSA) is 52.0 Å². The second kappa shape index (κ2) is 6.85. The minimum absolute atomic E-state index is 0.169. The highest BCUT2D eigenvalue weighted by Crippen LogP contribution is 2.28. The van der Waals surface area contributed by atoms with Crippen molar-refractivity contribution in [1.29, 1.82) is 0 Å². The van der Waals surface area contributed by atoms with E-state index in [0.29, 0.717) is 0 Å². The largest absolute Gasteiger partial charge is 0.493 e. The summed E-state index contributed by atoms with van der Waals surface area (Å²) in [4.78, 5) is 4.56. The van der Waals surface area contributed by atoms with Crippen LogP contribution in [-0.2, 0) is 13.0 Å². The summed E-state index contributed by atoms with van der Waals surface area (Å²) < 4.78 is 7.45. The van der Waals surface area contributed by atoms with Gasteiger partial charge < -0.3 is 10.1 Å². The zero-order chi connectivity index (χ0) is 14.5. The molecule has 1 atom stereocenters. The van der Waals surface area contributed by atoms with Crippen molar-refractivity contribution >= 4 is 11.3 Å². The lowest BCUT2D eigenvalue weighted by atomic mass is 10.1. The van der Waals surface area contributed by atoms with Crippen molar-refractivity contribution in [3.63, 3.8) is 0 Å². The third-order valence-electron chi connectivity index (χ3n) is 3.19. The molecule has 110 valence electrons. The van der Waals surface area contributed by atoms with Gasteiger partial charge in [0.1, 0.15) is 0 Å².